The van der Waals surface area contributed by atoms with Crippen LogP contribution >= 0.6 is 22.9 Å². The Morgan fingerprint density at radius 1 is 1.29 bits per heavy atom. The first-order valence-corrected chi connectivity index (χ1v) is 9.69. The Balaban J connectivity index is 1.52. The van der Waals surface area contributed by atoms with E-state index in [9.17, 15) is 4.79 Å². The van der Waals surface area contributed by atoms with Crippen LogP contribution in [0.3, 0.4) is 0 Å². The van der Waals surface area contributed by atoms with E-state index in [0.29, 0.717) is 17.1 Å². The van der Waals surface area contributed by atoms with Crippen molar-refractivity contribution in [3.63, 3.8) is 0 Å². The maximum atomic E-state index is 12.8. The van der Waals surface area contributed by atoms with Gasteiger partial charge in [0.1, 0.15) is 0 Å². The fraction of sp³-hybridized carbons (Fsp3) is 0.444. The minimum atomic E-state index is 0.196. The van der Waals surface area contributed by atoms with Crippen LogP contribution in [-0.2, 0) is 13.1 Å². The van der Waals surface area contributed by atoms with Crippen molar-refractivity contribution < 1.29 is 4.79 Å². The number of carbonyl (C=O) groups is 1. The molecule has 0 bridgehead atoms. The molecule has 0 radical (unpaired) electrons. The summed E-state index contributed by atoms with van der Waals surface area (Å²) in [4.78, 5) is 20.0. The Morgan fingerprint density at radius 2 is 2.12 bits per heavy atom. The van der Waals surface area contributed by atoms with Gasteiger partial charge in [-0.1, -0.05) is 36.9 Å². The van der Waals surface area contributed by atoms with E-state index in [4.69, 9.17) is 11.6 Å². The van der Waals surface area contributed by atoms with E-state index in [1.54, 1.807) is 6.20 Å². The fourth-order valence-electron chi connectivity index (χ4n) is 3.76. The second kappa shape index (κ2) is 6.73. The summed E-state index contributed by atoms with van der Waals surface area (Å²) in [6, 6.07) is 6.38. The summed E-state index contributed by atoms with van der Waals surface area (Å²) < 4.78 is 0.559. The highest BCUT2D eigenvalue weighted by Gasteiger charge is 2.34. The van der Waals surface area contributed by atoms with Crippen molar-refractivity contribution in [2.45, 2.75) is 51.2 Å². The average Bonchev–Trinajstić information content (AvgIpc) is 3.18. The zero-order chi connectivity index (χ0) is 16.5. The number of rotatable bonds is 4. The lowest BCUT2D eigenvalue weighted by Gasteiger charge is -2.31. The number of carbonyl (C=O) groups excluding carboxylic acids is 1. The number of thiazole rings is 1. The van der Waals surface area contributed by atoms with Crippen molar-refractivity contribution in [2.75, 3.05) is 5.32 Å². The Hall–Kier alpha value is -1.59. The molecule has 2 aromatic rings. The second-order valence-electron chi connectivity index (χ2n) is 6.49. The molecule has 1 amide bonds. The molecule has 4 rings (SSSR count). The highest BCUT2D eigenvalue weighted by molar-refractivity contribution is 7.15. The molecule has 1 aromatic carbocycles. The molecule has 0 unspecified atom stereocenters. The Kier molecular flexibility index (Phi) is 4.46. The van der Waals surface area contributed by atoms with Gasteiger partial charge in [-0.05, 0) is 25.0 Å². The highest BCUT2D eigenvalue weighted by Crippen LogP contribution is 2.34. The average molecular weight is 362 g/mol. The van der Waals surface area contributed by atoms with Gasteiger partial charge in [-0.3, -0.25) is 4.79 Å². The highest BCUT2D eigenvalue weighted by atomic mass is 35.5. The van der Waals surface area contributed by atoms with Crippen molar-refractivity contribution in [2.24, 2.45) is 0 Å². The summed E-state index contributed by atoms with van der Waals surface area (Å²) in [5.41, 5.74) is 3.03. The standard InChI is InChI=1S/C18H20ClN3OS/c19-18-21-10-13(24-18)9-20-16-8-4-7-14-15(16)11-22(17(14)23)12-5-2-1-3-6-12/h4,7-8,10,12,20H,1-3,5-6,9,11H2. The normalized spacial score (nSPS) is 18.0. The van der Waals surface area contributed by atoms with Gasteiger partial charge in [-0.2, -0.15) is 0 Å². The number of amides is 1. The van der Waals surface area contributed by atoms with E-state index in [0.717, 1.165) is 41.1 Å². The fourth-order valence-corrected chi connectivity index (χ4v) is 4.67. The van der Waals surface area contributed by atoms with Gasteiger partial charge in [-0.15, -0.1) is 11.3 Å². The summed E-state index contributed by atoms with van der Waals surface area (Å²) in [7, 11) is 0. The molecule has 0 spiro atoms. The van der Waals surface area contributed by atoms with Crippen LogP contribution in [0.5, 0.6) is 0 Å². The number of hydrogen-bond acceptors (Lipinski definition) is 4. The third-order valence-corrected chi connectivity index (χ3v) is 6.10. The third-order valence-electron chi connectivity index (χ3n) is 4.99. The zero-order valence-corrected chi connectivity index (χ0v) is 15.0. The monoisotopic (exact) mass is 361 g/mol. The predicted molar refractivity (Wildman–Crippen MR) is 97.6 cm³/mol. The predicted octanol–water partition coefficient (Wildman–Crippen LogP) is 4.70. The molecule has 6 heteroatoms. The van der Waals surface area contributed by atoms with Gasteiger partial charge in [0, 0.05) is 40.5 Å². The van der Waals surface area contributed by atoms with E-state index in [1.165, 1.54) is 30.6 Å². The van der Waals surface area contributed by atoms with Gasteiger partial charge < -0.3 is 10.2 Å². The van der Waals surface area contributed by atoms with Gasteiger partial charge in [0.25, 0.3) is 5.91 Å². The quantitative estimate of drug-likeness (QED) is 0.858. The summed E-state index contributed by atoms with van der Waals surface area (Å²) in [6.07, 6.45) is 7.85. The van der Waals surface area contributed by atoms with E-state index in [-0.39, 0.29) is 5.91 Å². The summed E-state index contributed by atoms with van der Waals surface area (Å²) >= 11 is 7.37. The first-order valence-electron chi connectivity index (χ1n) is 8.49. The zero-order valence-electron chi connectivity index (χ0n) is 13.4. The number of fused-ring (bicyclic) bond motifs is 1. The molecule has 1 aliphatic heterocycles. The third kappa shape index (κ3) is 3.03. The molecular formula is C18H20ClN3OS. The van der Waals surface area contributed by atoms with Crippen LogP contribution in [0.25, 0.3) is 0 Å². The number of aromatic nitrogens is 1. The van der Waals surface area contributed by atoms with E-state index >= 15 is 0 Å². The molecule has 2 aliphatic rings. The molecule has 1 aromatic heterocycles. The van der Waals surface area contributed by atoms with Crippen molar-refractivity contribution in [1.29, 1.82) is 0 Å². The lowest BCUT2D eigenvalue weighted by molar-refractivity contribution is 0.0660. The van der Waals surface area contributed by atoms with Crippen LogP contribution < -0.4 is 5.32 Å². The van der Waals surface area contributed by atoms with E-state index in [1.807, 2.05) is 12.1 Å². The van der Waals surface area contributed by atoms with Crippen LogP contribution in [0, 0.1) is 0 Å². The SMILES string of the molecule is O=C1c2cccc(NCc3cnc(Cl)s3)c2CN1C1CCCCC1. The Bertz CT molecular complexity index is 754. The van der Waals surface area contributed by atoms with E-state index < -0.39 is 0 Å². The van der Waals surface area contributed by atoms with Gasteiger partial charge in [0.05, 0.1) is 6.54 Å². The molecule has 1 saturated carbocycles. The minimum Gasteiger partial charge on any atom is -0.380 e. The maximum absolute atomic E-state index is 12.8. The maximum Gasteiger partial charge on any atom is 0.254 e. The van der Waals surface area contributed by atoms with Crippen molar-refractivity contribution in [3.05, 3.63) is 44.9 Å². The van der Waals surface area contributed by atoms with Gasteiger partial charge in [0.2, 0.25) is 0 Å². The van der Waals surface area contributed by atoms with Gasteiger partial charge in [-0.25, -0.2) is 4.98 Å². The molecule has 126 valence electrons. The lowest BCUT2D eigenvalue weighted by atomic mass is 9.94. The molecule has 2 heterocycles. The van der Waals surface area contributed by atoms with Crippen LogP contribution in [0.4, 0.5) is 5.69 Å². The van der Waals surface area contributed by atoms with Crippen LogP contribution in [-0.4, -0.2) is 21.8 Å². The number of halogens is 1. The molecule has 1 aliphatic carbocycles. The molecular weight excluding hydrogens is 342 g/mol. The molecule has 0 atom stereocenters. The molecule has 1 N–H and O–H groups in total. The lowest BCUT2D eigenvalue weighted by Crippen LogP contribution is -2.36. The molecule has 1 fully saturated rings. The van der Waals surface area contributed by atoms with Crippen LogP contribution in [0.2, 0.25) is 4.47 Å². The van der Waals surface area contributed by atoms with Gasteiger partial charge >= 0.3 is 0 Å². The minimum absolute atomic E-state index is 0.196. The summed E-state index contributed by atoms with van der Waals surface area (Å²) in [5, 5.41) is 3.45. The first-order chi connectivity index (χ1) is 11.7. The number of benzene rings is 1. The Labute approximate surface area is 150 Å². The molecule has 4 nitrogen and oxygen atoms in total. The molecule has 24 heavy (non-hydrogen) atoms. The number of anilines is 1. The van der Waals surface area contributed by atoms with Crippen molar-refractivity contribution >= 4 is 34.5 Å². The van der Waals surface area contributed by atoms with Crippen molar-refractivity contribution in [3.8, 4) is 0 Å². The second-order valence-corrected chi connectivity index (χ2v) is 8.19. The summed E-state index contributed by atoms with van der Waals surface area (Å²) in [5.74, 6) is 0.196. The van der Waals surface area contributed by atoms with Crippen LogP contribution in [0.1, 0.15) is 52.9 Å². The van der Waals surface area contributed by atoms with Crippen molar-refractivity contribution in [1.82, 2.24) is 9.88 Å². The number of hydrogen-bond donors (Lipinski definition) is 1. The van der Waals surface area contributed by atoms with E-state index in [2.05, 4.69) is 21.3 Å². The number of nitrogens with one attached hydrogen (secondary N) is 1. The largest absolute Gasteiger partial charge is 0.380 e. The molecule has 0 saturated heterocycles. The number of nitrogens with zero attached hydrogens (tertiary/aromatic N) is 2. The summed E-state index contributed by atoms with van der Waals surface area (Å²) in [6.45, 7) is 1.41. The van der Waals surface area contributed by atoms with Crippen LogP contribution in [0.15, 0.2) is 24.4 Å². The first kappa shape index (κ1) is 15.9. The van der Waals surface area contributed by atoms with Gasteiger partial charge in [0.15, 0.2) is 4.47 Å². The Morgan fingerprint density at radius 3 is 2.88 bits per heavy atom. The topological polar surface area (TPSA) is 45.2 Å². The smallest absolute Gasteiger partial charge is 0.254 e.